The molecule has 0 spiro atoms. The van der Waals surface area contributed by atoms with Gasteiger partial charge < -0.3 is 9.47 Å². The average Bonchev–Trinajstić information content (AvgIpc) is 2.74. The molecule has 3 rings (SSSR count). The molecule has 0 aliphatic rings. The molecular weight excluding hydrogens is 374 g/mol. The summed E-state index contributed by atoms with van der Waals surface area (Å²) < 4.78 is 23.7. The van der Waals surface area contributed by atoms with Gasteiger partial charge in [-0.2, -0.15) is 0 Å². The minimum absolute atomic E-state index is 0.182. The number of esters is 1. The van der Waals surface area contributed by atoms with Crippen LogP contribution in [0, 0.1) is 0 Å². The third-order valence-corrected chi connectivity index (χ3v) is 5.56. The molecule has 1 atom stereocenters. The number of pyridine rings is 1. The summed E-state index contributed by atoms with van der Waals surface area (Å²) in [6.45, 7) is 1.98. The molecule has 0 saturated carbocycles. The quantitative estimate of drug-likeness (QED) is 0.560. The predicted molar refractivity (Wildman–Crippen MR) is 109 cm³/mol. The molecule has 1 unspecified atom stereocenters. The van der Waals surface area contributed by atoms with Crippen LogP contribution in [0.5, 0.6) is 5.75 Å². The largest absolute Gasteiger partial charge is 0.495 e. The minimum atomic E-state index is -1.30. The number of hydrogen-bond donors (Lipinski definition) is 0. The Balaban J connectivity index is 2.09. The van der Waals surface area contributed by atoms with E-state index in [1.165, 1.54) is 7.11 Å². The molecule has 144 valence electrons. The van der Waals surface area contributed by atoms with E-state index in [1.54, 1.807) is 37.5 Å². The summed E-state index contributed by atoms with van der Waals surface area (Å²) in [6, 6.07) is 16.5. The van der Waals surface area contributed by atoms with Gasteiger partial charge in [0.05, 0.1) is 30.3 Å². The lowest BCUT2D eigenvalue weighted by molar-refractivity contribution is 0.0522. The van der Waals surface area contributed by atoms with Crippen LogP contribution in [0.1, 0.15) is 22.8 Å². The Morgan fingerprint density at radius 2 is 1.86 bits per heavy atom. The third-order valence-electron chi connectivity index (χ3n) is 4.19. The summed E-state index contributed by atoms with van der Waals surface area (Å²) >= 11 is 0. The lowest BCUT2D eigenvalue weighted by Gasteiger charge is -2.17. The van der Waals surface area contributed by atoms with Crippen LogP contribution >= 0.6 is 0 Å². The highest BCUT2D eigenvalue weighted by Crippen LogP contribution is 2.36. The normalized spacial score (nSPS) is 11.6. The highest BCUT2D eigenvalue weighted by atomic mass is 32.2. The molecule has 0 amide bonds. The van der Waals surface area contributed by atoms with Gasteiger partial charge in [-0.1, -0.05) is 36.4 Å². The van der Waals surface area contributed by atoms with Crippen molar-refractivity contribution in [2.45, 2.75) is 17.6 Å². The maximum Gasteiger partial charge on any atom is 0.342 e. The minimum Gasteiger partial charge on any atom is -0.495 e. The highest BCUT2D eigenvalue weighted by Gasteiger charge is 2.24. The number of methoxy groups -OCH3 is 1. The predicted octanol–water partition coefficient (Wildman–Crippen LogP) is 4.24. The van der Waals surface area contributed by atoms with Crippen LogP contribution in [-0.4, -0.2) is 28.9 Å². The number of rotatable bonds is 7. The lowest BCUT2D eigenvalue weighted by Crippen LogP contribution is -2.12. The van der Waals surface area contributed by atoms with Crippen molar-refractivity contribution >= 4 is 16.8 Å². The summed E-state index contributed by atoms with van der Waals surface area (Å²) in [7, 11) is 0.208. The van der Waals surface area contributed by atoms with E-state index in [-0.39, 0.29) is 12.4 Å². The van der Waals surface area contributed by atoms with Crippen LogP contribution < -0.4 is 4.74 Å². The fourth-order valence-electron chi connectivity index (χ4n) is 2.93. The Hall–Kier alpha value is -2.99. The number of aromatic nitrogens is 1. The van der Waals surface area contributed by atoms with Gasteiger partial charge in [0.1, 0.15) is 11.3 Å². The van der Waals surface area contributed by atoms with Crippen molar-refractivity contribution in [3.8, 4) is 16.9 Å². The zero-order valence-electron chi connectivity index (χ0n) is 15.8. The van der Waals surface area contributed by atoms with E-state index in [2.05, 4.69) is 4.98 Å². The van der Waals surface area contributed by atoms with Gasteiger partial charge in [-0.25, -0.2) is 4.79 Å². The second kappa shape index (κ2) is 9.28. The smallest absolute Gasteiger partial charge is 0.342 e. The van der Waals surface area contributed by atoms with E-state index in [1.807, 2.05) is 36.4 Å². The fourth-order valence-corrected chi connectivity index (χ4v) is 4.08. The molecule has 28 heavy (non-hydrogen) atoms. The molecule has 0 bridgehead atoms. The Morgan fingerprint density at radius 1 is 1.07 bits per heavy atom. The Labute approximate surface area is 166 Å². The first-order valence-corrected chi connectivity index (χ1v) is 10.2. The molecule has 0 aliphatic carbocycles. The molecule has 0 fully saturated rings. The van der Waals surface area contributed by atoms with Gasteiger partial charge in [-0.3, -0.25) is 9.19 Å². The van der Waals surface area contributed by atoms with Crippen LogP contribution in [-0.2, 0) is 21.3 Å². The van der Waals surface area contributed by atoms with Gasteiger partial charge in [0.25, 0.3) is 0 Å². The van der Waals surface area contributed by atoms with Crippen molar-refractivity contribution in [3.63, 3.8) is 0 Å². The van der Waals surface area contributed by atoms with Crippen LogP contribution in [0.3, 0.4) is 0 Å². The monoisotopic (exact) mass is 395 g/mol. The highest BCUT2D eigenvalue weighted by molar-refractivity contribution is 7.84. The number of benzene rings is 2. The van der Waals surface area contributed by atoms with Crippen molar-refractivity contribution in [1.82, 2.24) is 4.98 Å². The molecule has 0 aliphatic heterocycles. The van der Waals surface area contributed by atoms with E-state index in [0.29, 0.717) is 21.8 Å². The second-order valence-electron chi connectivity index (χ2n) is 5.95. The number of carbonyl (C=O) groups is 1. The third kappa shape index (κ3) is 4.28. The van der Waals surface area contributed by atoms with E-state index in [4.69, 9.17) is 9.47 Å². The number of carbonyl (C=O) groups excluding carboxylic acids is 1. The lowest BCUT2D eigenvalue weighted by atomic mass is 9.99. The van der Waals surface area contributed by atoms with Crippen molar-refractivity contribution < 1.29 is 18.5 Å². The first-order valence-electron chi connectivity index (χ1n) is 8.86. The number of ether oxygens (including phenoxy) is 2. The molecular formula is C22H21NO4S. The molecule has 0 saturated heterocycles. The van der Waals surface area contributed by atoms with Crippen LogP contribution in [0.2, 0.25) is 0 Å². The van der Waals surface area contributed by atoms with E-state index in [9.17, 15) is 9.00 Å². The van der Waals surface area contributed by atoms with E-state index >= 15 is 0 Å². The molecule has 1 aromatic heterocycles. The first-order chi connectivity index (χ1) is 13.7. The molecule has 2 aromatic carbocycles. The molecule has 0 N–H and O–H groups in total. The molecule has 6 heteroatoms. The van der Waals surface area contributed by atoms with Crippen molar-refractivity contribution in [2.24, 2.45) is 0 Å². The molecule has 1 heterocycles. The number of nitrogens with zero attached hydrogens (tertiary/aromatic N) is 1. The Kier molecular flexibility index (Phi) is 6.55. The summed E-state index contributed by atoms with van der Waals surface area (Å²) in [5.41, 5.74) is 2.47. The number of hydrogen-bond acceptors (Lipinski definition) is 5. The summed E-state index contributed by atoms with van der Waals surface area (Å²) in [5, 5.41) is 0. The summed E-state index contributed by atoms with van der Waals surface area (Å²) in [4.78, 5) is 17.6. The maximum atomic E-state index is 12.8. The molecule has 5 nitrogen and oxygen atoms in total. The topological polar surface area (TPSA) is 65.5 Å². The fraction of sp³-hybridized carbons (Fsp3) is 0.182. The standard InChI is InChI=1S/C22H21NO4S/c1-3-27-22(24)20-17(15-28(25)18-9-5-4-6-10-18)11-12-19(21(20)26-2)16-8-7-13-23-14-16/h4-14H,3,15H2,1-2H3. The van der Waals surface area contributed by atoms with Crippen molar-refractivity contribution in [3.05, 3.63) is 78.1 Å². The van der Waals surface area contributed by atoms with Gasteiger partial charge in [0.2, 0.25) is 0 Å². The molecule has 0 radical (unpaired) electrons. The van der Waals surface area contributed by atoms with Gasteiger partial charge >= 0.3 is 5.97 Å². The van der Waals surface area contributed by atoms with Gasteiger partial charge in [-0.15, -0.1) is 0 Å². The van der Waals surface area contributed by atoms with Gasteiger partial charge in [0, 0.05) is 28.4 Å². The Morgan fingerprint density at radius 3 is 2.50 bits per heavy atom. The maximum absolute atomic E-state index is 12.8. The zero-order valence-corrected chi connectivity index (χ0v) is 16.6. The summed E-state index contributed by atoms with van der Waals surface area (Å²) in [5.74, 6) is 0.0844. The van der Waals surface area contributed by atoms with E-state index < -0.39 is 16.8 Å². The second-order valence-corrected chi connectivity index (χ2v) is 7.40. The van der Waals surface area contributed by atoms with Gasteiger partial charge in [-0.05, 0) is 30.7 Å². The Bertz CT molecular complexity index is 975. The van der Waals surface area contributed by atoms with Crippen LogP contribution in [0.4, 0.5) is 0 Å². The molecule has 3 aromatic rings. The zero-order chi connectivity index (χ0) is 19.9. The van der Waals surface area contributed by atoms with E-state index in [0.717, 1.165) is 11.1 Å². The average molecular weight is 395 g/mol. The van der Waals surface area contributed by atoms with Gasteiger partial charge in [0.15, 0.2) is 0 Å². The van der Waals surface area contributed by atoms with Crippen LogP contribution in [0.15, 0.2) is 71.9 Å². The van der Waals surface area contributed by atoms with Crippen molar-refractivity contribution in [1.29, 1.82) is 0 Å². The van der Waals surface area contributed by atoms with Crippen LogP contribution in [0.25, 0.3) is 11.1 Å². The first kappa shape index (κ1) is 19.8. The summed E-state index contributed by atoms with van der Waals surface area (Å²) in [6.07, 6.45) is 3.38. The SMILES string of the molecule is CCOC(=O)c1c(CS(=O)c2ccccc2)ccc(-c2cccnc2)c1OC. The van der Waals surface area contributed by atoms with Crippen molar-refractivity contribution in [2.75, 3.05) is 13.7 Å².